The largest absolute Gasteiger partial charge is 0.508 e. The van der Waals surface area contributed by atoms with E-state index in [0.717, 1.165) is 21.8 Å². The van der Waals surface area contributed by atoms with Crippen molar-refractivity contribution in [3.8, 4) is 28.3 Å². The Morgan fingerprint density at radius 3 is 2.31 bits per heavy atom. The van der Waals surface area contributed by atoms with Gasteiger partial charge in [-0.25, -0.2) is 14.8 Å². The monoisotopic (exact) mass is 437 g/mol. The van der Waals surface area contributed by atoms with Crippen molar-refractivity contribution < 1.29 is 24.6 Å². The molecule has 0 spiro atoms. The molecule has 0 saturated carbocycles. The van der Waals surface area contributed by atoms with E-state index in [4.69, 9.17) is 9.40 Å². The molecule has 1 aliphatic heterocycles. The zero-order valence-electron chi connectivity index (χ0n) is 17.9. The zero-order valence-corrected chi connectivity index (χ0v) is 17.9. The van der Waals surface area contributed by atoms with Gasteiger partial charge in [-0.15, -0.1) is 0 Å². The highest BCUT2D eigenvalue weighted by Gasteiger charge is 2.30. The Hall–Kier alpha value is -3.36. The highest BCUT2D eigenvalue weighted by Crippen LogP contribution is 2.38. The minimum Gasteiger partial charge on any atom is -0.508 e. The lowest BCUT2D eigenvalue weighted by molar-refractivity contribution is -0.0543. The molecule has 2 amide bonds. The van der Waals surface area contributed by atoms with Crippen LogP contribution in [0.25, 0.3) is 22.6 Å². The number of nitrogens with zero attached hydrogens (tertiary/aromatic N) is 3. The van der Waals surface area contributed by atoms with Gasteiger partial charge in [-0.2, -0.15) is 0 Å². The predicted octanol–water partition coefficient (Wildman–Crippen LogP) is 4.22. The quantitative estimate of drug-likeness (QED) is 0.407. The smallest absolute Gasteiger partial charge is 0.343 e. The number of hydroxylamine groups is 2. The van der Waals surface area contributed by atoms with Gasteiger partial charge in [0.25, 0.3) is 0 Å². The first kappa shape index (κ1) is 21.9. The van der Waals surface area contributed by atoms with Gasteiger partial charge in [0, 0.05) is 36.7 Å². The molecular weight excluding hydrogens is 410 g/mol. The average molecular weight is 437 g/mol. The Morgan fingerprint density at radius 2 is 1.72 bits per heavy atom. The van der Waals surface area contributed by atoms with Crippen LogP contribution in [0.3, 0.4) is 0 Å². The van der Waals surface area contributed by atoms with Crippen molar-refractivity contribution in [3.63, 3.8) is 0 Å². The minimum atomic E-state index is -0.382. The van der Waals surface area contributed by atoms with Crippen LogP contribution in [0.5, 0.6) is 5.75 Å². The molecule has 2 aromatic carbocycles. The summed E-state index contributed by atoms with van der Waals surface area (Å²) >= 11 is 0. The molecule has 0 radical (unpaired) electrons. The van der Waals surface area contributed by atoms with Gasteiger partial charge in [-0.05, 0) is 49.6 Å². The van der Waals surface area contributed by atoms with Crippen LogP contribution >= 0.6 is 0 Å². The maximum absolute atomic E-state index is 12.2. The SMILES string of the molecule is CCN(O)C(=O)N1CCC(c2nc(-c3ccc(CO)cc3)c(-c3ccc(O)cc3)o2)CC1. The maximum Gasteiger partial charge on any atom is 0.343 e. The first-order valence-electron chi connectivity index (χ1n) is 10.8. The van der Waals surface area contributed by atoms with Crippen molar-refractivity contribution in [2.75, 3.05) is 19.6 Å². The van der Waals surface area contributed by atoms with Gasteiger partial charge < -0.3 is 19.5 Å². The summed E-state index contributed by atoms with van der Waals surface area (Å²) in [5.41, 5.74) is 3.17. The lowest BCUT2D eigenvalue weighted by Gasteiger charge is -2.32. The molecular formula is C24H27N3O5. The van der Waals surface area contributed by atoms with Crippen LogP contribution in [-0.4, -0.2) is 56.0 Å². The molecule has 1 aromatic heterocycles. The van der Waals surface area contributed by atoms with E-state index >= 15 is 0 Å². The third kappa shape index (κ3) is 4.46. The second-order valence-electron chi connectivity index (χ2n) is 7.89. The lowest BCUT2D eigenvalue weighted by Crippen LogP contribution is -2.45. The van der Waals surface area contributed by atoms with Crippen LogP contribution in [0.15, 0.2) is 52.9 Å². The van der Waals surface area contributed by atoms with Crippen molar-refractivity contribution >= 4 is 6.03 Å². The Kier molecular flexibility index (Phi) is 6.43. The summed E-state index contributed by atoms with van der Waals surface area (Å²) in [5.74, 6) is 1.44. The van der Waals surface area contributed by atoms with E-state index in [1.165, 1.54) is 0 Å². The molecule has 8 heteroatoms. The first-order valence-corrected chi connectivity index (χ1v) is 10.8. The van der Waals surface area contributed by atoms with Gasteiger partial charge in [0.15, 0.2) is 11.7 Å². The van der Waals surface area contributed by atoms with E-state index in [9.17, 15) is 20.2 Å². The summed E-state index contributed by atoms with van der Waals surface area (Å²) in [7, 11) is 0. The number of hydrogen-bond acceptors (Lipinski definition) is 6. The van der Waals surface area contributed by atoms with Crippen LogP contribution in [0.2, 0.25) is 0 Å². The molecule has 1 aliphatic rings. The molecule has 3 aromatic rings. The molecule has 8 nitrogen and oxygen atoms in total. The van der Waals surface area contributed by atoms with Crippen LogP contribution < -0.4 is 0 Å². The number of amides is 2. The van der Waals surface area contributed by atoms with Gasteiger partial charge in [-0.3, -0.25) is 5.21 Å². The number of carbonyl (C=O) groups is 1. The van der Waals surface area contributed by atoms with Crippen molar-refractivity contribution in [1.29, 1.82) is 0 Å². The van der Waals surface area contributed by atoms with E-state index in [1.807, 2.05) is 24.3 Å². The fourth-order valence-electron chi connectivity index (χ4n) is 3.90. The van der Waals surface area contributed by atoms with E-state index in [1.54, 1.807) is 36.1 Å². The fourth-order valence-corrected chi connectivity index (χ4v) is 3.90. The number of aromatic nitrogens is 1. The molecule has 168 valence electrons. The number of piperidine rings is 1. The topological polar surface area (TPSA) is 110 Å². The predicted molar refractivity (Wildman–Crippen MR) is 118 cm³/mol. The van der Waals surface area contributed by atoms with E-state index < -0.39 is 0 Å². The number of aliphatic hydroxyl groups is 1. The maximum atomic E-state index is 12.2. The summed E-state index contributed by atoms with van der Waals surface area (Å²) in [6.45, 7) is 2.95. The number of benzene rings is 2. The lowest BCUT2D eigenvalue weighted by atomic mass is 9.97. The van der Waals surface area contributed by atoms with Crippen molar-refractivity contribution in [1.82, 2.24) is 14.9 Å². The van der Waals surface area contributed by atoms with Gasteiger partial charge in [0.1, 0.15) is 11.4 Å². The standard InChI is InChI=1S/C24H27N3O5/c1-2-27(31)24(30)26-13-11-19(12-14-26)23-25-21(17-5-3-16(15-28)4-6-17)22(32-23)18-7-9-20(29)10-8-18/h3-10,19,28-29,31H,2,11-15H2,1H3. The molecule has 0 bridgehead atoms. The molecule has 2 heterocycles. The zero-order chi connectivity index (χ0) is 22.7. The highest BCUT2D eigenvalue weighted by molar-refractivity contribution is 5.77. The number of rotatable bonds is 5. The van der Waals surface area contributed by atoms with Crippen molar-refractivity contribution in [2.24, 2.45) is 0 Å². The molecule has 3 N–H and O–H groups in total. The Balaban J connectivity index is 1.62. The number of hydrogen-bond donors (Lipinski definition) is 3. The van der Waals surface area contributed by atoms with Crippen LogP contribution in [0, 0.1) is 0 Å². The number of aromatic hydroxyl groups is 1. The van der Waals surface area contributed by atoms with Gasteiger partial charge in [0.05, 0.1) is 6.61 Å². The number of urea groups is 1. The molecule has 4 rings (SSSR count). The molecule has 1 fully saturated rings. The summed E-state index contributed by atoms with van der Waals surface area (Å²) in [5, 5.41) is 29.4. The van der Waals surface area contributed by atoms with Crippen molar-refractivity contribution in [2.45, 2.75) is 32.3 Å². The van der Waals surface area contributed by atoms with Gasteiger partial charge >= 0.3 is 6.03 Å². The van der Waals surface area contributed by atoms with Gasteiger partial charge in [-0.1, -0.05) is 24.3 Å². The fraction of sp³-hybridized carbons (Fsp3) is 0.333. The third-order valence-corrected chi connectivity index (χ3v) is 5.82. The number of aliphatic hydroxyl groups excluding tert-OH is 1. The summed E-state index contributed by atoms with van der Waals surface area (Å²) in [4.78, 5) is 18.7. The van der Waals surface area contributed by atoms with Gasteiger partial charge in [0.2, 0.25) is 0 Å². The number of likely N-dealkylation sites (tertiary alicyclic amines) is 1. The molecule has 32 heavy (non-hydrogen) atoms. The van der Waals surface area contributed by atoms with E-state index in [0.29, 0.717) is 43.3 Å². The van der Waals surface area contributed by atoms with E-state index in [-0.39, 0.29) is 30.9 Å². The third-order valence-electron chi connectivity index (χ3n) is 5.82. The van der Waals surface area contributed by atoms with Crippen LogP contribution in [0.1, 0.15) is 37.1 Å². The number of oxazole rings is 1. The molecule has 0 atom stereocenters. The van der Waals surface area contributed by atoms with Crippen LogP contribution in [-0.2, 0) is 6.61 Å². The summed E-state index contributed by atoms with van der Waals surface area (Å²) in [6, 6.07) is 13.9. The highest BCUT2D eigenvalue weighted by atomic mass is 16.5. The molecule has 1 saturated heterocycles. The summed E-state index contributed by atoms with van der Waals surface area (Å²) in [6.07, 6.45) is 1.36. The Morgan fingerprint density at radius 1 is 1.09 bits per heavy atom. The average Bonchev–Trinajstić information content (AvgIpc) is 3.29. The van der Waals surface area contributed by atoms with Crippen molar-refractivity contribution in [3.05, 3.63) is 60.0 Å². The van der Waals surface area contributed by atoms with E-state index in [2.05, 4.69) is 0 Å². The number of carbonyl (C=O) groups excluding carboxylic acids is 1. The normalized spacial score (nSPS) is 14.5. The number of phenolic OH excluding ortho intramolecular Hbond substituents is 1. The number of phenols is 1. The molecule has 0 unspecified atom stereocenters. The van der Waals surface area contributed by atoms with Crippen LogP contribution in [0.4, 0.5) is 4.79 Å². The second kappa shape index (κ2) is 9.42. The Labute approximate surface area is 186 Å². The minimum absolute atomic E-state index is 0.0320. The summed E-state index contributed by atoms with van der Waals surface area (Å²) < 4.78 is 6.25. The first-order chi connectivity index (χ1) is 15.5. The Bertz CT molecular complexity index is 1050. The molecule has 0 aliphatic carbocycles. The second-order valence-corrected chi connectivity index (χ2v) is 7.89.